The van der Waals surface area contributed by atoms with Crippen molar-refractivity contribution in [3.05, 3.63) is 58.1 Å². The van der Waals surface area contributed by atoms with E-state index in [4.69, 9.17) is 0 Å². The number of aromatic nitrogens is 4. The topological polar surface area (TPSA) is 92.7 Å². The second kappa shape index (κ2) is 5.80. The van der Waals surface area contributed by atoms with Crippen molar-refractivity contribution in [2.24, 2.45) is 0 Å². The van der Waals surface area contributed by atoms with Crippen molar-refractivity contribution in [3.63, 3.8) is 0 Å². The van der Waals surface area contributed by atoms with Gasteiger partial charge in [-0.3, -0.25) is 14.3 Å². The summed E-state index contributed by atoms with van der Waals surface area (Å²) in [5.41, 5.74) is 1.76. The molecule has 0 aliphatic carbocycles. The van der Waals surface area contributed by atoms with Crippen LogP contribution in [0.25, 0.3) is 10.9 Å². The van der Waals surface area contributed by atoms with E-state index in [9.17, 15) is 9.59 Å². The average molecular weight is 297 g/mol. The smallest absolute Gasteiger partial charge is 0.252 e. The summed E-state index contributed by atoms with van der Waals surface area (Å²) in [4.78, 5) is 26.8. The van der Waals surface area contributed by atoms with Gasteiger partial charge < -0.3 is 10.3 Å². The lowest BCUT2D eigenvalue weighted by atomic mass is 10.1. The second-order valence-corrected chi connectivity index (χ2v) is 5.02. The predicted octanol–water partition coefficient (Wildman–Crippen LogP) is 0.858. The molecule has 0 fully saturated rings. The van der Waals surface area contributed by atoms with Gasteiger partial charge in [-0.15, -0.1) is 5.10 Å². The van der Waals surface area contributed by atoms with Crippen molar-refractivity contribution in [2.75, 3.05) is 6.54 Å². The summed E-state index contributed by atoms with van der Waals surface area (Å²) in [6.07, 6.45) is 3.30. The lowest BCUT2D eigenvalue weighted by Crippen LogP contribution is -2.28. The van der Waals surface area contributed by atoms with Crippen LogP contribution in [0.5, 0.6) is 0 Å². The minimum absolute atomic E-state index is 0.276. The van der Waals surface area contributed by atoms with Gasteiger partial charge in [0.1, 0.15) is 0 Å². The van der Waals surface area contributed by atoms with Gasteiger partial charge in [0.2, 0.25) is 5.56 Å². The van der Waals surface area contributed by atoms with Crippen LogP contribution in [-0.4, -0.2) is 32.4 Å². The number of nitrogens with one attached hydrogen (secondary N) is 2. The molecule has 2 N–H and O–H groups in total. The molecule has 1 amide bonds. The molecule has 7 heteroatoms. The molecule has 0 saturated carbocycles. The third kappa shape index (κ3) is 2.88. The molecule has 3 aromatic rings. The maximum atomic E-state index is 12.3. The normalized spacial score (nSPS) is 10.8. The summed E-state index contributed by atoms with van der Waals surface area (Å²) in [5, 5.41) is 11.0. The van der Waals surface area contributed by atoms with Gasteiger partial charge in [-0.05, 0) is 19.1 Å². The highest BCUT2D eigenvalue weighted by Gasteiger charge is 2.11. The molecule has 3 rings (SSSR count). The van der Waals surface area contributed by atoms with Gasteiger partial charge in [-0.25, -0.2) is 0 Å². The van der Waals surface area contributed by atoms with Crippen LogP contribution in [0.1, 0.15) is 15.9 Å². The Hall–Kier alpha value is -2.96. The highest BCUT2D eigenvalue weighted by atomic mass is 16.2. The van der Waals surface area contributed by atoms with Gasteiger partial charge in [0.05, 0.1) is 18.3 Å². The number of carbonyl (C=O) groups is 1. The number of hydrogen-bond acceptors (Lipinski definition) is 4. The van der Waals surface area contributed by atoms with E-state index in [2.05, 4.69) is 20.6 Å². The molecule has 2 heterocycles. The molecule has 1 aromatic carbocycles. The summed E-state index contributed by atoms with van der Waals surface area (Å²) in [5.74, 6) is -0.276. The van der Waals surface area contributed by atoms with Gasteiger partial charge in [-0.1, -0.05) is 16.8 Å². The Morgan fingerprint density at radius 2 is 2.23 bits per heavy atom. The molecule has 112 valence electrons. The van der Waals surface area contributed by atoms with Crippen LogP contribution in [-0.2, 0) is 6.54 Å². The Kier molecular flexibility index (Phi) is 3.69. The standard InChI is InChI=1S/C15H15N5O2/c1-10-2-3-13-11(8-10)12(9-14(21)18-13)15(22)16-4-6-20-7-5-17-19-20/h2-3,5,7-9H,4,6H2,1H3,(H,16,22)(H,18,21). The fraction of sp³-hybridized carbons (Fsp3) is 0.200. The van der Waals surface area contributed by atoms with Crippen molar-refractivity contribution in [2.45, 2.75) is 13.5 Å². The number of pyridine rings is 1. The molecule has 2 aromatic heterocycles. The van der Waals surface area contributed by atoms with E-state index < -0.39 is 0 Å². The number of carbonyl (C=O) groups excluding carboxylic acids is 1. The fourth-order valence-corrected chi connectivity index (χ4v) is 2.29. The first kappa shape index (κ1) is 14.0. The number of benzene rings is 1. The van der Waals surface area contributed by atoms with Crippen LogP contribution < -0.4 is 10.9 Å². The zero-order chi connectivity index (χ0) is 15.5. The van der Waals surface area contributed by atoms with Gasteiger partial charge in [0.15, 0.2) is 0 Å². The zero-order valence-corrected chi connectivity index (χ0v) is 12.0. The Balaban J connectivity index is 1.83. The SMILES string of the molecule is Cc1ccc2[nH]c(=O)cc(C(=O)NCCn3ccnn3)c2c1. The van der Waals surface area contributed by atoms with Crippen molar-refractivity contribution < 1.29 is 4.79 Å². The summed E-state index contributed by atoms with van der Waals surface area (Å²) in [7, 11) is 0. The molecule has 0 aliphatic heterocycles. The average Bonchev–Trinajstić information content (AvgIpc) is 3.00. The van der Waals surface area contributed by atoms with E-state index >= 15 is 0 Å². The fourth-order valence-electron chi connectivity index (χ4n) is 2.29. The van der Waals surface area contributed by atoms with Crippen molar-refractivity contribution in [3.8, 4) is 0 Å². The van der Waals surface area contributed by atoms with Crippen LogP contribution >= 0.6 is 0 Å². The summed E-state index contributed by atoms with van der Waals surface area (Å²) < 4.78 is 1.63. The molecule has 22 heavy (non-hydrogen) atoms. The number of fused-ring (bicyclic) bond motifs is 1. The third-order valence-corrected chi connectivity index (χ3v) is 3.34. The Morgan fingerprint density at radius 3 is 3.00 bits per heavy atom. The molecule has 0 unspecified atom stereocenters. The summed E-state index contributed by atoms with van der Waals surface area (Å²) in [6.45, 7) is 2.87. The first-order chi connectivity index (χ1) is 10.6. The molecule has 0 radical (unpaired) electrons. The monoisotopic (exact) mass is 297 g/mol. The van der Waals surface area contributed by atoms with E-state index in [0.717, 1.165) is 10.9 Å². The van der Waals surface area contributed by atoms with E-state index in [1.165, 1.54) is 6.07 Å². The first-order valence-electron chi connectivity index (χ1n) is 6.89. The number of H-pyrrole nitrogens is 1. The van der Waals surface area contributed by atoms with Crippen LogP contribution in [0, 0.1) is 6.92 Å². The quantitative estimate of drug-likeness (QED) is 0.747. The maximum Gasteiger partial charge on any atom is 0.252 e. The minimum Gasteiger partial charge on any atom is -0.350 e. The Morgan fingerprint density at radius 1 is 1.36 bits per heavy atom. The number of amides is 1. The van der Waals surface area contributed by atoms with Crippen molar-refractivity contribution in [1.82, 2.24) is 25.3 Å². The molecular formula is C15H15N5O2. The maximum absolute atomic E-state index is 12.3. The molecule has 0 atom stereocenters. The molecule has 0 saturated heterocycles. The van der Waals surface area contributed by atoms with Gasteiger partial charge in [0.25, 0.3) is 5.91 Å². The van der Waals surface area contributed by atoms with Crippen molar-refractivity contribution in [1.29, 1.82) is 0 Å². The summed E-state index contributed by atoms with van der Waals surface area (Å²) >= 11 is 0. The Bertz CT molecular complexity index is 867. The number of rotatable bonds is 4. The lowest BCUT2D eigenvalue weighted by molar-refractivity contribution is 0.0953. The minimum atomic E-state index is -0.294. The van der Waals surface area contributed by atoms with Crippen LogP contribution in [0.3, 0.4) is 0 Å². The van der Waals surface area contributed by atoms with Gasteiger partial charge in [0, 0.05) is 29.7 Å². The van der Waals surface area contributed by atoms with Crippen molar-refractivity contribution >= 4 is 16.8 Å². The zero-order valence-electron chi connectivity index (χ0n) is 12.0. The van der Waals surface area contributed by atoms with E-state index in [0.29, 0.717) is 24.2 Å². The number of nitrogens with zero attached hydrogens (tertiary/aromatic N) is 3. The number of aromatic amines is 1. The van der Waals surface area contributed by atoms with Crippen LogP contribution in [0.2, 0.25) is 0 Å². The molecule has 0 aliphatic rings. The highest BCUT2D eigenvalue weighted by Crippen LogP contribution is 2.16. The van der Waals surface area contributed by atoms with Gasteiger partial charge >= 0.3 is 0 Å². The molecule has 0 bridgehead atoms. The molecular weight excluding hydrogens is 282 g/mol. The second-order valence-electron chi connectivity index (χ2n) is 5.02. The third-order valence-electron chi connectivity index (χ3n) is 3.34. The molecule has 7 nitrogen and oxygen atoms in total. The van der Waals surface area contributed by atoms with E-state index in [1.807, 2.05) is 19.1 Å². The highest BCUT2D eigenvalue weighted by molar-refractivity contribution is 6.06. The van der Waals surface area contributed by atoms with E-state index in [1.54, 1.807) is 23.1 Å². The molecule has 0 spiro atoms. The Labute approximate surface area is 126 Å². The lowest BCUT2D eigenvalue weighted by Gasteiger charge is -2.08. The first-order valence-corrected chi connectivity index (χ1v) is 6.89. The van der Waals surface area contributed by atoms with Crippen LogP contribution in [0.15, 0.2) is 41.5 Å². The summed E-state index contributed by atoms with van der Waals surface area (Å²) in [6, 6.07) is 6.91. The largest absolute Gasteiger partial charge is 0.350 e. The van der Waals surface area contributed by atoms with Crippen LogP contribution in [0.4, 0.5) is 0 Å². The van der Waals surface area contributed by atoms with Gasteiger partial charge in [-0.2, -0.15) is 0 Å². The van der Waals surface area contributed by atoms with E-state index in [-0.39, 0.29) is 11.5 Å². The number of hydrogen-bond donors (Lipinski definition) is 2. The number of aryl methyl sites for hydroxylation is 1. The predicted molar refractivity (Wildman–Crippen MR) is 81.7 cm³/mol.